The maximum Gasteiger partial charge on any atom is 0.420 e. The number of halogens is 3. The summed E-state index contributed by atoms with van der Waals surface area (Å²) >= 11 is 0. The van der Waals surface area contributed by atoms with Gasteiger partial charge in [-0.2, -0.15) is 13.2 Å². The van der Waals surface area contributed by atoms with Crippen LogP contribution in [0.25, 0.3) is 10.8 Å². The average molecular weight is 424 g/mol. The first-order valence-electron chi connectivity index (χ1n) is 10.5. The molecule has 0 heterocycles. The van der Waals surface area contributed by atoms with Gasteiger partial charge in [-0.15, -0.1) is 0 Å². The van der Waals surface area contributed by atoms with Crippen LogP contribution >= 0.6 is 0 Å². The summed E-state index contributed by atoms with van der Waals surface area (Å²) in [6.07, 6.45) is -1.30. The number of hydrogen-bond donors (Lipinski definition) is 2. The van der Waals surface area contributed by atoms with E-state index in [1.165, 1.54) is 12.1 Å². The minimum Gasteiger partial charge on any atom is -0.490 e. The lowest BCUT2D eigenvalue weighted by Gasteiger charge is -2.37. The fraction of sp³-hybridized carbons (Fsp3) is 0.583. The summed E-state index contributed by atoms with van der Waals surface area (Å²) in [7, 11) is 0. The number of aliphatic hydroxyl groups is 1. The van der Waals surface area contributed by atoms with Crippen molar-refractivity contribution >= 4 is 10.8 Å². The first-order valence-corrected chi connectivity index (χ1v) is 10.5. The highest BCUT2D eigenvalue weighted by Gasteiger charge is 2.38. The zero-order valence-electron chi connectivity index (χ0n) is 18.1. The van der Waals surface area contributed by atoms with Crippen LogP contribution in [0.1, 0.15) is 64.5 Å². The van der Waals surface area contributed by atoms with E-state index in [0.717, 1.165) is 25.7 Å². The Kier molecular flexibility index (Phi) is 6.14. The van der Waals surface area contributed by atoms with E-state index in [0.29, 0.717) is 16.9 Å². The van der Waals surface area contributed by atoms with Crippen LogP contribution in [0.5, 0.6) is 5.75 Å². The Hall–Kier alpha value is -1.79. The van der Waals surface area contributed by atoms with Gasteiger partial charge in [0.25, 0.3) is 0 Å². The lowest BCUT2D eigenvalue weighted by molar-refractivity contribution is -0.138. The highest BCUT2D eigenvalue weighted by Crippen LogP contribution is 2.44. The third-order valence-electron chi connectivity index (χ3n) is 6.45. The fourth-order valence-electron chi connectivity index (χ4n) is 4.37. The van der Waals surface area contributed by atoms with Crippen molar-refractivity contribution in [3.05, 3.63) is 41.5 Å². The molecule has 0 saturated heterocycles. The van der Waals surface area contributed by atoms with Gasteiger partial charge in [0.1, 0.15) is 11.3 Å². The minimum absolute atomic E-state index is 0.0841. The van der Waals surface area contributed by atoms with Crippen LogP contribution in [-0.4, -0.2) is 17.8 Å². The Morgan fingerprint density at radius 3 is 2.17 bits per heavy atom. The maximum atomic E-state index is 14.0. The summed E-state index contributed by atoms with van der Waals surface area (Å²) in [6, 6.07) is 7.64. The molecule has 0 aliphatic heterocycles. The number of fused-ring (bicyclic) bond motifs is 1. The van der Waals surface area contributed by atoms with Crippen LogP contribution < -0.4 is 10.5 Å². The molecule has 3 nitrogen and oxygen atoms in total. The van der Waals surface area contributed by atoms with E-state index in [9.17, 15) is 18.3 Å². The average Bonchev–Trinajstić information content (AvgIpc) is 2.66. The van der Waals surface area contributed by atoms with Crippen molar-refractivity contribution in [2.45, 2.75) is 71.2 Å². The normalized spacial score (nSPS) is 22.7. The largest absolute Gasteiger partial charge is 0.490 e. The van der Waals surface area contributed by atoms with Crippen molar-refractivity contribution in [3.8, 4) is 5.75 Å². The SMILES string of the molecule is CC(C)(C)C1CCC(Oc2ccc3cc([C@](C)(N)CO)ccc3c2C(F)(F)F)CC1. The molecule has 3 N–H and O–H groups in total. The summed E-state index contributed by atoms with van der Waals surface area (Å²) in [5.41, 5.74) is 5.07. The Morgan fingerprint density at radius 1 is 1.00 bits per heavy atom. The number of rotatable bonds is 4. The number of alkyl halides is 3. The topological polar surface area (TPSA) is 55.5 Å². The first-order chi connectivity index (χ1) is 13.8. The Labute approximate surface area is 176 Å². The van der Waals surface area contributed by atoms with E-state index in [-0.39, 0.29) is 29.3 Å². The van der Waals surface area contributed by atoms with Crippen molar-refractivity contribution in [1.82, 2.24) is 0 Å². The standard InChI is InChI=1S/C24H32F3NO2/c1-22(2,3)16-6-9-18(10-7-16)30-20-12-5-15-13-17(23(4,28)14-29)8-11-19(15)21(20)24(25,26)27/h5,8,11-13,16,18,29H,6-7,9-10,14,28H2,1-4H3/t16?,18?,23-/m1/s1. The van der Waals surface area contributed by atoms with Crippen molar-refractivity contribution in [2.24, 2.45) is 17.1 Å². The number of benzene rings is 2. The molecular formula is C24H32F3NO2. The molecule has 1 saturated carbocycles. The van der Waals surface area contributed by atoms with Gasteiger partial charge in [-0.1, -0.05) is 39.0 Å². The molecule has 0 spiro atoms. The molecule has 0 radical (unpaired) electrons. The van der Waals surface area contributed by atoms with Crippen LogP contribution in [0.15, 0.2) is 30.3 Å². The smallest absolute Gasteiger partial charge is 0.420 e. The van der Waals surface area contributed by atoms with Gasteiger partial charge in [-0.3, -0.25) is 0 Å². The molecule has 0 bridgehead atoms. The summed E-state index contributed by atoms with van der Waals surface area (Å²) in [4.78, 5) is 0. The highest BCUT2D eigenvalue weighted by atomic mass is 19.4. The molecule has 1 aliphatic rings. The van der Waals surface area contributed by atoms with Gasteiger partial charge in [0, 0.05) is 0 Å². The van der Waals surface area contributed by atoms with Crippen LogP contribution in [0.4, 0.5) is 13.2 Å². The zero-order valence-corrected chi connectivity index (χ0v) is 18.1. The molecular weight excluding hydrogens is 391 g/mol. The number of hydrogen-bond acceptors (Lipinski definition) is 3. The third-order valence-corrected chi connectivity index (χ3v) is 6.45. The second-order valence-corrected chi connectivity index (χ2v) is 9.91. The lowest BCUT2D eigenvalue weighted by atomic mass is 9.72. The summed E-state index contributed by atoms with van der Waals surface area (Å²) < 4.78 is 47.9. The summed E-state index contributed by atoms with van der Waals surface area (Å²) in [6.45, 7) is 7.97. The van der Waals surface area contributed by atoms with Gasteiger partial charge in [0.15, 0.2) is 0 Å². The van der Waals surface area contributed by atoms with Crippen LogP contribution in [-0.2, 0) is 11.7 Å². The van der Waals surface area contributed by atoms with E-state index in [2.05, 4.69) is 20.8 Å². The summed E-state index contributed by atoms with van der Waals surface area (Å²) in [5.74, 6) is 0.450. The lowest BCUT2D eigenvalue weighted by Crippen LogP contribution is -2.36. The van der Waals surface area contributed by atoms with Crippen LogP contribution in [0, 0.1) is 11.3 Å². The Morgan fingerprint density at radius 2 is 1.63 bits per heavy atom. The van der Waals surface area contributed by atoms with Gasteiger partial charge in [-0.05, 0) is 72.4 Å². The molecule has 0 aromatic heterocycles. The van der Waals surface area contributed by atoms with E-state index >= 15 is 0 Å². The van der Waals surface area contributed by atoms with Crippen LogP contribution in [0.2, 0.25) is 0 Å². The minimum atomic E-state index is -4.54. The van der Waals surface area contributed by atoms with Crippen molar-refractivity contribution in [3.63, 3.8) is 0 Å². The molecule has 0 unspecified atom stereocenters. The van der Waals surface area contributed by atoms with Crippen molar-refractivity contribution < 1.29 is 23.0 Å². The molecule has 166 valence electrons. The molecule has 2 aromatic carbocycles. The van der Waals surface area contributed by atoms with Gasteiger partial charge in [0.05, 0.1) is 18.2 Å². The summed E-state index contributed by atoms with van der Waals surface area (Å²) in [5, 5.41) is 9.98. The van der Waals surface area contributed by atoms with Gasteiger partial charge < -0.3 is 15.6 Å². The fourth-order valence-corrected chi connectivity index (χ4v) is 4.37. The maximum absolute atomic E-state index is 14.0. The number of aliphatic hydroxyl groups excluding tert-OH is 1. The molecule has 30 heavy (non-hydrogen) atoms. The monoisotopic (exact) mass is 423 g/mol. The molecule has 1 aliphatic carbocycles. The van der Waals surface area contributed by atoms with E-state index in [1.54, 1.807) is 25.1 Å². The van der Waals surface area contributed by atoms with E-state index in [4.69, 9.17) is 10.5 Å². The van der Waals surface area contributed by atoms with E-state index < -0.39 is 17.3 Å². The van der Waals surface area contributed by atoms with Gasteiger partial charge in [-0.25, -0.2) is 0 Å². The van der Waals surface area contributed by atoms with Gasteiger partial charge in [0.2, 0.25) is 0 Å². The Balaban J connectivity index is 1.93. The molecule has 3 rings (SSSR count). The Bertz CT molecular complexity index is 892. The first kappa shape index (κ1) is 22.9. The quantitative estimate of drug-likeness (QED) is 0.633. The zero-order chi connectivity index (χ0) is 22.3. The second kappa shape index (κ2) is 8.04. The molecule has 0 amide bonds. The number of nitrogens with two attached hydrogens (primary N) is 1. The molecule has 2 aromatic rings. The molecule has 6 heteroatoms. The third kappa shape index (κ3) is 4.75. The second-order valence-electron chi connectivity index (χ2n) is 9.91. The predicted octanol–water partition coefficient (Wildman–Crippen LogP) is 6.01. The van der Waals surface area contributed by atoms with Crippen LogP contribution in [0.3, 0.4) is 0 Å². The van der Waals surface area contributed by atoms with E-state index in [1.807, 2.05) is 0 Å². The predicted molar refractivity (Wildman–Crippen MR) is 113 cm³/mol. The van der Waals surface area contributed by atoms with Gasteiger partial charge >= 0.3 is 6.18 Å². The van der Waals surface area contributed by atoms with Crippen molar-refractivity contribution in [2.75, 3.05) is 6.61 Å². The highest BCUT2D eigenvalue weighted by molar-refractivity contribution is 5.89. The molecule has 1 atom stereocenters. The van der Waals surface area contributed by atoms with Crippen molar-refractivity contribution in [1.29, 1.82) is 0 Å². The number of ether oxygens (including phenoxy) is 1. The molecule has 1 fully saturated rings.